The van der Waals surface area contributed by atoms with Crippen LogP contribution in [-0.2, 0) is 11.2 Å². The first-order valence-corrected chi connectivity index (χ1v) is 5.60. The van der Waals surface area contributed by atoms with Gasteiger partial charge in [-0.25, -0.2) is 0 Å². The minimum Gasteiger partial charge on any atom is -0.481 e. The van der Waals surface area contributed by atoms with Crippen molar-refractivity contribution in [2.45, 2.75) is 13.3 Å². The van der Waals surface area contributed by atoms with Crippen LogP contribution in [0.25, 0.3) is 16.6 Å². The zero-order valence-corrected chi connectivity index (χ0v) is 9.79. The van der Waals surface area contributed by atoms with Crippen LogP contribution in [0.3, 0.4) is 0 Å². The average Bonchev–Trinajstić information content (AvgIpc) is 2.72. The summed E-state index contributed by atoms with van der Waals surface area (Å²) in [5.41, 5.74) is 2.73. The molecule has 3 rings (SSSR count). The van der Waals surface area contributed by atoms with Gasteiger partial charge in [0.1, 0.15) is 12.2 Å². The van der Waals surface area contributed by atoms with Gasteiger partial charge in [-0.3, -0.25) is 9.20 Å². The summed E-state index contributed by atoms with van der Waals surface area (Å²) in [4.78, 5) is 10.8. The van der Waals surface area contributed by atoms with E-state index in [1.54, 1.807) is 4.40 Å². The molecule has 90 valence electrons. The number of carboxylic acid groups (broad SMARTS) is 1. The van der Waals surface area contributed by atoms with E-state index < -0.39 is 5.97 Å². The van der Waals surface area contributed by atoms with Crippen LogP contribution in [0, 0.1) is 6.92 Å². The number of rotatable bonds is 2. The van der Waals surface area contributed by atoms with Gasteiger partial charge in [0.05, 0.1) is 5.52 Å². The van der Waals surface area contributed by atoms with Crippen molar-refractivity contribution in [3.8, 4) is 0 Å². The number of carbonyl (C=O) groups is 1. The van der Waals surface area contributed by atoms with E-state index in [-0.39, 0.29) is 6.42 Å². The van der Waals surface area contributed by atoms with Crippen molar-refractivity contribution in [2.24, 2.45) is 0 Å². The molecule has 2 aromatic heterocycles. The van der Waals surface area contributed by atoms with Gasteiger partial charge < -0.3 is 5.11 Å². The number of aromatic nitrogens is 3. The topological polar surface area (TPSA) is 67.5 Å². The first-order chi connectivity index (χ1) is 8.65. The predicted octanol–water partition coefficient (Wildman–Crippen LogP) is 1.82. The van der Waals surface area contributed by atoms with E-state index in [2.05, 4.69) is 10.2 Å². The summed E-state index contributed by atoms with van der Waals surface area (Å²) < 4.78 is 1.80. The largest absolute Gasteiger partial charge is 0.481 e. The summed E-state index contributed by atoms with van der Waals surface area (Å²) in [5, 5.41) is 17.9. The number of nitrogens with zero attached hydrogens (tertiary/aromatic N) is 3. The van der Waals surface area contributed by atoms with E-state index in [1.165, 1.54) is 0 Å². The Bertz CT molecular complexity index is 761. The molecule has 0 fully saturated rings. The Labute approximate surface area is 103 Å². The molecule has 0 atom stereocenters. The predicted molar refractivity (Wildman–Crippen MR) is 66.6 cm³/mol. The number of carboxylic acids is 1. The molecule has 0 bridgehead atoms. The van der Waals surface area contributed by atoms with Crippen molar-refractivity contribution >= 4 is 22.5 Å². The minimum absolute atomic E-state index is 0.131. The van der Waals surface area contributed by atoms with Gasteiger partial charge in [-0.1, -0.05) is 12.1 Å². The summed E-state index contributed by atoms with van der Waals surface area (Å²) in [7, 11) is 0. The summed E-state index contributed by atoms with van der Waals surface area (Å²) >= 11 is 0. The van der Waals surface area contributed by atoms with Crippen molar-refractivity contribution in [1.29, 1.82) is 0 Å². The number of pyridine rings is 1. The minimum atomic E-state index is -0.908. The molecular weight excluding hydrogens is 230 g/mol. The third-order valence-corrected chi connectivity index (χ3v) is 2.90. The first kappa shape index (κ1) is 10.7. The van der Waals surface area contributed by atoms with Gasteiger partial charge in [-0.2, -0.15) is 0 Å². The molecule has 0 aliphatic rings. The Morgan fingerprint density at radius 3 is 2.83 bits per heavy atom. The molecule has 0 aliphatic carbocycles. The number of hydrogen-bond acceptors (Lipinski definition) is 3. The summed E-state index contributed by atoms with van der Waals surface area (Å²) in [6.45, 7) is 2.00. The van der Waals surface area contributed by atoms with Crippen LogP contribution in [0.4, 0.5) is 0 Å². The molecule has 0 unspecified atom stereocenters. The maximum absolute atomic E-state index is 10.8. The van der Waals surface area contributed by atoms with E-state index in [9.17, 15) is 4.79 Å². The molecule has 0 radical (unpaired) electrons. The van der Waals surface area contributed by atoms with E-state index in [0.29, 0.717) is 11.5 Å². The van der Waals surface area contributed by atoms with Crippen LogP contribution >= 0.6 is 0 Å². The molecule has 0 saturated heterocycles. The Balaban J connectivity index is 2.39. The van der Waals surface area contributed by atoms with Gasteiger partial charge in [-0.15, -0.1) is 10.2 Å². The van der Waals surface area contributed by atoms with Gasteiger partial charge >= 0.3 is 5.97 Å². The lowest BCUT2D eigenvalue weighted by atomic mass is 10.1. The molecule has 1 aromatic carbocycles. The number of benzene rings is 1. The molecule has 18 heavy (non-hydrogen) atoms. The molecule has 5 heteroatoms. The molecule has 5 nitrogen and oxygen atoms in total. The molecule has 0 spiro atoms. The fraction of sp³-hybridized carbons (Fsp3) is 0.154. The normalized spacial score (nSPS) is 11.2. The van der Waals surface area contributed by atoms with Gasteiger partial charge in [0.15, 0.2) is 5.65 Å². The zero-order valence-electron chi connectivity index (χ0n) is 9.79. The number of hydrogen-bond donors (Lipinski definition) is 1. The lowest BCUT2D eigenvalue weighted by Crippen LogP contribution is -2.05. The Kier molecular flexibility index (Phi) is 2.26. The van der Waals surface area contributed by atoms with E-state index in [4.69, 9.17) is 5.11 Å². The molecule has 2 heterocycles. The molecule has 0 amide bonds. The average molecular weight is 241 g/mol. The fourth-order valence-corrected chi connectivity index (χ4v) is 2.10. The van der Waals surface area contributed by atoms with E-state index in [0.717, 1.165) is 16.5 Å². The highest BCUT2D eigenvalue weighted by Crippen LogP contribution is 2.19. The van der Waals surface area contributed by atoms with Crippen molar-refractivity contribution in [3.63, 3.8) is 0 Å². The molecule has 3 aromatic rings. The smallest absolute Gasteiger partial charge is 0.311 e. The fourth-order valence-electron chi connectivity index (χ4n) is 2.10. The maximum Gasteiger partial charge on any atom is 0.311 e. The second-order valence-corrected chi connectivity index (χ2v) is 4.28. The highest BCUT2D eigenvalue weighted by atomic mass is 16.4. The van der Waals surface area contributed by atoms with Crippen molar-refractivity contribution in [1.82, 2.24) is 14.6 Å². The summed E-state index contributed by atoms with van der Waals surface area (Å²) in [6, 6.07) is 9.85. The highest BCUT2D eigenvalue weighted by Gasteiger charge is 2.11. The van der Waals surface area contributed by atoms with Crippen LogP contribution in [0.5, 0.6) is 0 Å². The third-order valence-electron chi connectivity index (χ3n) is 2.90. The van der Waals surface area contributed by atoms with Crippen LogP contribution < -0.4 is 0 Å². The van der Waals surface area contributed by atoms with Crippen LogP contribution in [-0.4, -0.2) is 25.7 Å². The standard InChI is InChI=1S/C13H11N3O2/c1-8-2-3-9-4-5-11-14-15-12(7-13(17)18)16(11)10(9)6-8/h2-6H,7H2,1H3,(H,17,18). The van der Waals surface area contributed by atoms with Gasteiger partial charge in [-0.05, 0) is 36.1 Å². The quantitative estimate of drug-likeness (QED) is 0.743. The number of fused-ring (bicyclic) bond motifs is 3. The molecule has 0 aliphatic heterocycles. The van der Waals surface area contributed by atoms with Crippen molar-refractivity contribution in [3.05, 3.63) is 41.7 Å². The van der Waals surface area contributed by atoms with Gasteiger partial charge in [0.2, 0.25) is 0 Å². The molecule has 1 N–H and O–H groups in total. The van der Waals surface area contributed by atoms with E-state index >= 15 is 0 Å². The third kappa shape index (κ3) is 1.60. The second kappa shape index (κ2) is 3.80. The highest BCUT2D eigenvalue weighted by molar-refractivity contribution is 5.83. The molecule has 0 saturated carbocycles. The summed E-state index contributed by atoms with van der Waals surface area (Å²) in [6.07, 6.45) is -0.131. The lowest BCUT2D eigenvalue weighted by Gasteiger charge is -2.04. The SMILES string of the molecule is Cc1ccc2ccc3nnc(CC(=O)O)n3c2c1. The van der Waals surface area contributed by atoms with Crippen LogP contribution in [0.15, 0.2) is 30.3 Å². The lowest BCUT2D eigenvalue weighted by molar-refractivity contribution is -0.136. The Hall–Kier alpha value is -2.43. The van der Waals surface area contributed by atoms with E-state index in [1.807, 2.05) is 37.3 Å². The Morgan fingerprint density at radius 2 is 2.06 bits per heavy atom. The van der Waals surface area contributed by atoms with Gasteiger partial charge in [0.25, 0.3) is 0 Å². The molecular formula is C13H11N3O2. The van der Waals surface area contributed by atoms with Crippen LogP contribution in [0.1, 0.15) is 11.4 Å². The van der Waals surface area contributed by atoms with Crippen molar-refractivity contribution in [2.75, 3.05) is 0 Å². The number of aliphatic carboxylic acids is 1. The maximum atomic E-state index is 10.8. The monoisotopic (exact) mass is 241 g/mol. The van der Waals surface area contributed by atoms with Crippen LogP contribution in [0.2, 0.25) is 0 Å². The van der Waals surface area contributed by atoms with Gasteiger partial charge in [0, 0.05) is 0 Å². The van der Waals surface area contributed by atoms with Crippen molar-refractivity contribution < 1.29 is 9.90 Å². The zero-order chi connectivity index (χ0) is 12.7. The second-order valence-electron chi connectivity index (χ2n) is 4.28. The number of aryl methyl sites for hydroxylation is 1. The summed E-state index contributed by atoms with van der Waals surface area (Å²) in [5.74, 6) is -0.456. The Morgan fingerprint density at radius 1 is 1.28 bits per heavy atom. The first-order valence-electron chi connectivity index (χ1n) is 5.60.